The normalized spacial score (nSPS) is 16.2. The summed E-state index contributed by atoms with van der Waals surface area (Å²) in [7, 11) is 0. The van der Waals surface area contributed by atoms with Gasteiger partial charge in [-0.05, 0) is 36.1 Å². The summed E-state index contributed by atoms with van der Waals surface area (Å²) in [5, 5.41) is 0.743. The Morgan fingerprint density at radius 2 is 1.76 bits per heavy atom. The quantitative estimate of drug-likeness (QED) is 0.826. The van der Waals surface area contributed by atoms with Gasteiger partial charge in [0.25, 0.3) is 0 Å². The van der Waals surface area contributed by atoms with Gasteiger partial charge >= 0.3 is 0 Å². The van der Waals surface area contributed by atoms with Crippen molar-refractivity contribution in [1.82, 2.24) is 4.90 Å². The van der Waals surface area contributed by atoms with Crippen LogP contribution in [0.15, 0.2) is 54.6 Å². The number of benzene rings is 2. The first-order valence-electron chi connectivity index (χ1n) is 7.33. The highest BCUT2D eigenvalue weighted by Crippen LogP contribution is 2.29. The first-order chi connectivity index (χ1) is 10.2. The molecule has 0 saturated carbocycles. The lowest BCUT2D eigenvalue weighted by Gasteiger charge is -2.28. The number of nitrogens with zero attached hydrogens (tertiary/aromatic N) is 1. The molecule has 2 aromatic rings. The van der Waals surface area contributed by atoms with Gasteiger partial charge in [-0.25, -0.2) is 0 Å². The summed E-state index contributed by atoms with van der Waals surface area (Å²) in [6.45, 7) is 0.853. The van der Waals surface area contributed by atoms with E-state index in [1.165, 1.54) is 11.1 Å². The van der Waals surface area contributed by atoms with E-state index >= 15 is 0 Å². The molecule has 1 heterocycles. The van der Waals surface area contributed by atoms with Gasteiger partial charge in [0.15, 0.2) is 0 Å². The minimum atomic E-state index is 0.113. The average molecular weight is 300 g/mol. The second kappa shape index (κ2) is 6.31. The molecule has 1 aliphatic rings. The van der Waals surface area contributed by atoms with Gasteiger partial charge in [-0.2, -0.15) is 0 Å². The van der Waals surface area contributed by atoms with Crippen LogP contribution in [0.3, 0.4) is 0 Å². The molecule has 1 amide bonds. The fourth-order valence-electron chi connectivity index (χ4n) is 2.93. The van der Waals surface area contributed by atoms with Crippen LogP contribution in [0, 0.1) is 0 Å². The number of hydrogen-bond acceptors (Lipinski definition) is 1. The molecular formula is C18H18ClNO. The van der Waals surface area contributed by atoms with Crippen LogP contribution in [0.4, 0.5) is 0 Å². The summed E-state index contributed by atoms with van der Waals surface area (Å²) in [5.74, 6) is 0.262. The van der Waals surface area contributed by atoms with Crippen LogP contribution in [0.1, 0.15) is 30.0 Å². The maximum Gasteiger partial charge on any atom is 0.223 e. The predicted octanol–water partition coefficient (Wildman–Crippen LogP) is 4.25. The molecule has 0 N–H and O–H groups in total. The molecule has 108 valence electrons. The fraction of sp³-hybridized carbons (Fsp3) is 0.278. The lowest BCUT2D eigenvalue weighted by Crippen LogP contribution is -2.31. The topological polar surface area (TPSA) is 20.3 Å². The lowest BCUT2D eigenvalue weighted by molar-refractivity contribution is -0.129. The van der Waals surface area contributed by atoms with Crippen LogP contribution in [0.5, 0.6) is 0 Å². The zero-order chi connectivity index (χ0) is 14.7. The van der Waals surface area contributed by atoms with Gasteiger partial charge in [0.1, 0.15) is 0 Å². The molecule has 2 nitrogen and oxygen atoms in total. The summed E-state index contributed by atoms with van der Waals surface area (Å²) in [6.07, 6.45) is 2.46. The number of hydrogen-bond donors (Lipinski definition) is 0. The minimum Gasteiger partial charge on any atom is -0.335 e. The smallest absolute Gasteiger partial charge is 0.223 e. The molecule has 1 unspecified atom stereocenters. The zero-order valence-electron chi connectivity index (χ0n) is 11.8. The molecule has 0 radical (unpaired) electrons. The van der Waals surface area contributed by atoms with Crippen molar-refractivity contribution in [2.24, 2.45) is 0 Å². The third-order valence-electron chi connectivity index (χ3n) is 4.01. The second-order valence-corrected chi connectivity index (χ2v) is 5.88. The summed E-state index contributed by atoms with van der Waals surface area (Å²) < 4.78 is 0. The standard InChI is InChI=1S/C18H18ClNO/c19-16-10-8-14(9-11-16)13-17(15-5-2-1-3-6-15)20-12-4-7-18(20)21/h1-3,5-6,8-11,17H,4,7,12-13H2. The highest BCUT2D eigenvalue weighted by Gasteiger charge is 2.28. The van der Waals surface area contributed by atoms with E-state index in [0.29, 0.717) is 6.42 Å². The van der Waals surface area contributed by atoms with Crippen molar-refractivity contribution in [3.05, 3.63) is 70.7 Å². The summed E-state index contributed by atoms with van der Waals surface area (Å²) in [6, 6.07) is 18.3. The van der Waals surface area contributed by atoms with Crippen molar-refractivity contribution in [2.45, 2.75) is 25.3 Å². The molecule has 2 aromatic carbocycles. The Morgan fingerprint density at radius 1 is 1.05 bits per heavy atom. The van der Waals surface area contributed by atoms with Gasteiger partial charge in [-0.3, -0.25) is 4.79 Å². The minimum absolute atomic E-state index is 0.113. The van der Waals surface area contributed by atoms with E-state index in [1.54, 1.807) is 0 Å². The van der Waals surface area contributed by atoms with Gasteiger partial charge in [-0.15, -0.1) is 0 Å². The first kappa shape index (κ1) is 14.2. The molecule has 1 fully saturated rings. The molecule has 1 atom stereocenters. The molecular weight excluding hydrogens is 282 g/mol. The highest BCUT2D eigenvalue weighted by molar-refractivity contribution is 6.30. The summed E-state index contributed by atoms with van der Waals surface area (Å²) >= 11 is 5.95. The van der Waals surface area contributed by atoms with Gasteiger partial charge in [0.05, 0.1) is 6.04 Å². The van der Waals surface area contributed by atoms with Gasteiger partial charge in [0, 0.05) is 18.0 Å². The first-order valence-corrected chi connectivity index (χ1v) is 7.71. The molecule has 3 heteroatoms. The molecule has 0 aromatic heterocycles. The zero-order valence-corrected chi connectivity index (χ0v) is 12.6. The van der Waals surface area contributed by atoms with E-state index < -0.39 is 0 Å². The van der Waals surface area contributed by atoms with Crippen molar-refractivity contribution in [3.8, 4) is 0 Å². The molecule has 1 saturated heterocycles. The van der Waals surface area contributed by atoms with E-state index in [0.717, 1.165) is 24.4 Å². The SMILES string of the molecule is O=C1CCCN1C(Cc1ccc(Cl)cc1)c1ccccc1. The Labute approximate surface area is 130 Å². The van der Waals surface area contributed by atoms with Crippen LogP contribution in [0.25, 0.3) is 0 Å². The number of carbonyl (C=O) groups is 1. The molecule has 1 aliphatic heterocycles. The van der Waals surface area contributed by atoms with Crippen molar-refractivity contribution in [3.63, 3.8) is 0 Å². The summed E-state index contributed by atoms with van der Waals surface area (Å²) in [5.41, 5.74) is 2.40. The number of halogens is 1. The van der Waals surface area contributed by atoms with Crippen molar-refractivity contribution in [1.29, 1.82) is 0 Å². The third kappa shape index (κ3) is 3.27. The number of carbonyl (C=O) groups excluding carboxylic acids is 1. The Hall–Kier alpha value is -1.80. The Morgan fingerprint density at radius 3 is 2.38 bits per heavy atom. The Balaban J connectivity index is 1.88. The molecule has 0 bridgehead atoms. The van der Waals surface area contributed by atoms with Crippen molar-refractivity contribution in [2.75, 3.05) is 6.54 Å². The second-order valence-electron chi connectivity index (χ2n) is 5.45. The summed E-state index contributed by atoms with van der Waals surface area (Å²) in [4.78, 5) is 14.2. The Bertz CT molecular complexity index is 609. The van der Waals surface area contributed by atoms with Crippen LogP contribution in [-0.4, -0.2) is 17.4 Å². The van der Waals surface area contributed by atoms with Crippen LogP contribution in [0.2, 0.25) is 5.02 Å². The maximum atomic E-state index is 12.1. The number of likely N-dealkylation sites (tertiary alicyclic amines) is 1. The molecule has 0 aliphatic carbocycles. The van der Waals surface area contributed by atoms with E-state index in [-0.39, 0.29) is 11.9 Å². The third-order valence-corrected chi connectivity index (χ3v) is 4.26. The largest absolute Gasteiger partial charge is 0.335 e. The van der Waals surface area contributed by atoms with Crippen LogP contribution < -0.4 is 0 Å². The lowest BCUT2D eigenvalue weighted by atomic mass is 9.97. The van der Waals surface area contributed by atoms with E-state index in [4.69, 9.17) is 11.6 Å². The molecule has 0 spiro atoms. The number of rotatable bonds is 4. The fourth-order valence-corrected chi connectivity index (χ4v) is 3.05. The van der Waals surface area contributed by atoms with Crippen LogP contribution >= 0.6 is 11.6 Å². The number of amides is 1. The predicted molar refractivity (Wildman–Crippen MR) is 85.3 cm³/mol. The Kier molecular flexibility index (Phi) is 4.26. The molecule has 21 heavy (non-hydrogen) atoms. The van der Waals surface area contributed by atoms with E-state index in [2.05, 4.69) is 12.1 Å². The van der Waals surface area contributed by atoms with Gasteiger partial charge in [-0.1, -0.05) is 54.1 Å². The average Bonchev–Trinajstić information content (AvgIpc) is 2.93. The van der Waals surface area contributed by atoms with Gasteiger partial charge in [0.2, 0.25) is 5.91 Å². The van der Waals surface area contributed by atoms with Gasteiger partial charge < -0.3 is 4.90 Å². The monoisotopic (exact) mass is 299 g/mol. The van der Waals surface area contributed by atoms with Crippen molar-refractivity contribution >= 4 is 17.5 Å². The van der Waals surface area contributed by atoms with Crippen molar-refractivity contribution < 1.29 is 4.79 Å². The maximum absolute atomic E-state index is 12.1. The molecule has 3 rings (SSSR count). The van der Waals surface area contributed by atoms with E-state index in [9.17, 15) is 4.79 Å². The van der Waals surface area contributed by atoms with E-state index in [1.807, 2.05) is 47.4 Å². The highest BCUT2D eigenvalue weighted by atomic mass is 35.5. The van der Waals surface area contributed by atoms with Crippen LogP contribution in [-0.2, 0) is 11.2 Å².